The third-order valence-electron chi connectivity index (χ3n) is 7.55. The monoisotopic (exact) mass is 601 g/mol. The number of nitrogens with one attached hydrogen (secondary N) is 1. The maximum absolute atomic E-state index is 13.5. The first-order valence-corrected chi connectivity index (χ1v) is 14.1. The Morgan fingerprint density at radius 2 is 1.58 bits per heavy atom. The molecule has 0 unspecified atom stereocenters. The molecule has 5 atom stereocenters. The fourth-order valence-electron chi connectivity index (χ4n) is 5.26. The van der Waals surface area contributed by atoms with Crippen molar-refractivity contribution >= 4 is 16.9 Å². The first kappa shape index (κ1) is 32.1. The van der Waals surface area contributed by atoms with E-state index in [1.807, 2.05) is 0 Å². The average molecular weight is 602 g/mol. The average Bonchev–Trinajstić information content (AvgIpc) is 3.02. The lowest BCUT2D eigenvalue weighted by molar-refractivity contribution is -0.223. The van der Waals surface area contributed by atoms with Crippen LogP contribution in [-0.2, 0) is 9.53 Å². The molecule has 0 aliphatic carbocycles. The topological polar surface area (TPSA) is 166 Å². The largest absolute Gasteiger partial charge is 0.496 e. The molecule has 0 spiro atoms. The quantitative estimate of drug-likeness (QED) is 0.226. The van der Waals surface area contributed by atoms with E-state index in [-0.39, 0.29) is 33.8 Å². The van der Waals surface area contributed by atoms with Gasteiger partial charge in [-0.15, -0.1) is 0 Å². The van der Waals surface area contributed by atoms with Crippen LogP contribution in [0.25, 0.3) is 22.3 Å². The molecule has 43 heavy (non-hydrogen) atoms. The van der Waals surface area contributed by atoms with Crippen molar-refractivity contribution in [2.45, 2.75) is 63.1 Å². The standard InChI is InChI=1S/C31H39NO11/c1-6-7-8-9-12-32-31(37)30-27(36)25(34)26(35)29(43-30)24-21(40-4)15-22-23(28(24)41-5)17(33)14-19(42-22)16-10-11-18(38-2)20(13-16)39-3/h10-11,13-15,25-27,29-30,34-36H,6-9,12H2,1-5H3,(H,32,37)/t25-,26-,27+,29+,30+/m1/s1. The maximum atomic E-state index is 13.5. The number of aliphatic hydroxyl groups is 3. The number of hydrogen-bond donors (Lipinski definition) is 4. The summed E-state index contributed by atoms with van der Waals surface area (Å²) in [7, 11) is 5.69. The van der Waals surface area contributed by atoms with Gasteiger partial charge in [0.25, 0.3) is 5.91 Å². The van der Waals surface area contributed by atoms with E-state index >= 15 is 0 Å². The predicted molar refractivity (Wildman–Crippen MR) is 157 cm³/mol. The number of rotatable bonds is 12. The van der Waals surface area contributed by atoms with E-state index in [1.165, 1.54) is 40.6 Å². The molecule has 1 fully saturated rings. The first-order chi connectivity index (χ1) is 20.7. The van der Waals surface area contributed by atoms with Gasteiger partial charge in [-0.05, 0) is 24.6 Å². The minimum Gasteiger partial charge on any atom is -0.496 e. The number of carbonyl (C=O) groups excluding carboxylic acids is 1. The van der Waals surface area contributed by atoms with Crippen LogP contribution < -0.4 is 29.7 Å². The summed E-state index contributed by atoms with van der Waals surface area (Å²) in [5.41, 5.74) is 0.259. The number of ether oxygens (including phenoxy) is 5. The van der Waals surface area contributed by atoms with Crippen molar-refractivity contribution in [1.82, 2.24) is 5.32 Å². The molecule has 3 aromatic rings. The Morgan fingerprint density at radius 1 is 0.860 bits per heavy atom. The molecule has 4 rings (SSSR count). The molecule has 12 heteroatoms. The van der Waals surface area contributed by atoms with Crippen LogP contribution in [0.5, 0.6) is 23.0 Å². The number of aliphatic hydroxyl groups excluding tert-OH is 3. The van der Waals surface area contributed by atoms with E-state index in [0.717, 1.165) is 25.7 Å². The summed E-state index contributed by atoms with van der Waals surface area (Å²) < 4.78 is 33.9. The minimum absolute atomic E-state index is 0.0239. The van der Waals surface area contributed by atoms with E-state index in [0.29, 0.717) is 23.6 Å². The lowest BCUT2D eigenvalue weighted by atomic mass is 9.89. The third kappa shape index (κ3) is 6.42. The Labute approximate surface area is 249 Å². The lowest BCUT2D eigenvalue weighted by Crippen LogP contribution is -2.59. The zero-order chi connectivity index (χ0) is 31.3. The van der Waals surface area contributed by atoms with Crippen LogP contribution in [0.3, 0.4) is 0 Å². The highest BCUT2D eigenvalue weighted by molar-refractivity contribution is 5.89. The van der Waals surface area contributed by atoms with Crippen molar-refractivity contribution in [2.24, 2.45) is 0 Å². The summed E-state index contributed by atoms with van der Waals surface area (Å²) in [4.78, 5) is 26.5. The van der Waals surface area contributed by atoms with Crippen molar-refractivity contribution in [1.29, 1.82) is 0 Å². The van der Waals surface area contributed by atoms with Crippen LogP contribution >= 0.6 is 0 Å². The zero-order valence-electron chi connectivity index (χ0n) is 24.9. The second-order valence-corrected chi connectivity index (χ2v) is 10.2. The Hall–Kier alpha value is -3.84. The third-order valence-corrected chi connectivity index (χ3v) is 7.55. The molecule has 234 valence electrons. The summed E-state index contributed by atoms with van der Waals surface area (Å²) in [6, 6.07) is 7.78. The van der Waals surface area contributed by atoms with Gasteiger partial charge in [-0.25, -0.2) is 0 Å². The van der Waals surface area contributed by atoms with Crippen LogP contribution in [-0.4, -0.2) is 80.6 Å². The molecule has 0 saturated carbocycles. The highest BCUT2D eigenvalue weighted by Crippen LogP contribution is 2.46. The van der Waals surface area contributed by atoms with Crippen molar-refractivity contribution in [3.8, 4) is 34.3 Å². The number of amides is 1. The molecule has 1 amide bonds. The fourth-order valence-corrected chi connectivity index (χ4v) is 5.26. The molecule has 1 aliphatic rings. The van der Waals surface area contributed by atoms with Gasteiger partial charge in [0, 0.05) is 24.2 Å². The highest BCUT2D eigenvalue weighted by atomic mass is 16.5. The van der Waals surface area contributed by atoms with Crippen LogP contribution in [0.4, 0.5) is 0 Å². The Morgan fingerprint density at radius 3 is 2.23 bits per heavy atom. The van der Waals surface area contributed by atoms with E-state index < -0.39 is 41.9 Å². The number of unbranched alkanes of at least 4 members (excludes halogenated alkanes) is 3. The number of hydrogen-bond acceptors (Lipinski definition) is 11. The van der Waals surface area contributed by atoms with Gasteiger partial charge in [0.1, 0.15) is 52.6 Å². The van der Waals surface area contributed by atoms with Crippen molar-refractivity contribution < 1.29 is 48.2 Å². The molecule has 2 heterocycles. The van der Waals surface area contributed by atoms with Gasteiger partial charge >= 0.3 is 0 Å². The van der Waals surface area contributed by atoms with Gasteiger partial charge in [-0.3, -0.25) is 9.59 Å². The van der Waals surface area contributed by atoms with Crippen molar-refractivity contribution in [3.05, 3.63) is 46.1 Å². The number of fused-ring (bicyclic) bond motifs is 1. The summed E-state index contributed by atoms with van der Waals surface area (Å²) in [6.45, 7) is 2.44. The van der Waals surface area contributed by atoms with Gasteiger partial charge in [0.15, 0.2) is 23.0 Å². The molecule has 12 nitrogen and oxygen atoms in total. The zero-order valence-corrected chi connectivity index (χ0v) is 24.9. The Kier molecular flexibility index (Phi) is 10.5. The van der Waals surface area contributed by atoms with Crippen molar-refractivity contribution in [3.63, 3.8) is 0 Å². The van der Waals surface area contributed by atoms with Crippen molar-refractivity contribution in [2.75, 3.05) is 35.0 Å². The van der Waals surface area contributed by atoms with Crippen LogP contribution in [0.15, 0.2) is 39.5 Å². The van der Waals surface area contributed by atoms with Gasteiger partial charge in [-0.1, -0.05) is 26.2 Å². The second-order valence-electron chi connectivity index (χ2n) is 10.2. The minimum atomic E-state index is -1.75. The normalized spacial score (nSPS) is 21.8. The number of methoxy groups -OCH3 is 4. The molecule has 1 aliphatic heterocycles. The maximum Gasteiger partial charge on any atom is 0.251 e. The molecule has 0 bridgehead atoms. The second kappa shape index (κ2) is 14.1. The summed E-state index contributed by atoms with van der Waals surface area (Å²) in [5, 5.41) is 35.1. The van der Waals surface area contributed by atoms with E-state index in [1.54, 1.807) is 18.2 Å². The molecular weight excluding hydrogens is 562 g/mol. The SMILES string of the molecule is CCCCCCNC(=O)[C@H]1O[C@@H](c2c(OC)cc3oc(-c4ccc(OC)c(OC)c4)cc(=O)c3c2OC)[C@H](O)[C@@H](O)[C@@H]1O. The molecule has 1 saturated heterocycles. The smallest absolute Gasteiger partial charge is 0.251 e. The molecule has 0 radical (unpaired) electrons. The number of carbonyl (C=O) groups is 1. The van der Waals surface area contributed by atoms with E-state index in [9.17, 15) is 24.9 Å². The summed E-state index contributed by atoms with van der Waals surface area (Å²) in [5.74, 6) is 0.606. The first-order valence-electron chi connectivity index (χ1n) is 14.1. The summed E-state index contributed by atoms with van der Waals surface area (Å²) >= 11 is 0. The molecular formula is C31H39NO11. The molecule has 1 aromatic heterocycles. The van der Waals surface area contributed by atoms with Crippen LogP contribution in [0, 0.1) is 0 Å². The number of benzene rings is 2. The van der Waals surface area contributed by atoms with Gasteiger partial charge < -0.3 is 48.7 Å². The Bertz CT molecular complexity index is 1490. The Balaban J connectivity index is 1.76. The summed E-state index contributed by atoms with van der Waals surface area (Å²) in [6.07, 6.45) is -4.33. The van der Waals surface area contributed by atoms with E-state index in [2.05, 4.69) is 12.2 Å². The van der Waals surface area contributed by atoms with Gasteiger partial charge in [0.2, 0.25) is 0 Å². The van der Waals surface area contributed by atoms with Gasteiger partial charge in [-0.2, -0.15) is 0 Å². The highest BCUT2D eigenvalue weighted by Gasteiger charge is 2.49. The molecule has 4 N–H and O–H groups in total. The fraction of sp³-hybridized carbons (Fsp3) is 0.484. The predicted octanol–water partition coefficient (Wildman–Crippen LogP) is 2.71. The van der Waals surface area contributed by atoms with Crippen LogP contribution in [0.1, 0.15) is 44.3 Å². The van der Waals surface area contributed by atoms with Gasteiger partial charge in [0.05, 0.1) is 34.0 Å². The molecule has 2 aromatic carbocycles. The van der Waals surface area contributed by atoms with E-state index in [4.69, 9.17) is 28.1 Å². The lowest BCUT2D eigenvalue weighted by Gasteiger charge is -2.40. The van der Waals surface area contributed by atoms with Crippen LogP contribution in [0.2, 0.25) is 0 Å².